The number of fused-ring (bicyclic) bond motifs is 1. The maximum absolute atomic E-state index is 11.2. The van der Waals surface area contributed by atoms with E-state index in [9.17, 15) is 4.79 Å². The summed E-state index contributed by atoms with van der Waals surface area (Å²) in [6.45, 7) is 3.51. The maximum atomic E-state index is 11.2. The minimum atomic E-state index is 0.167. The summed E-state index contributed by atoms with van der Waals surface area (Å²) in [5, 5.41) is 3.15. The number of hydrogen-bond acceptors (Lipinski definition) is 3. The summed E-state index contributed by atoms with van der Waals surface area (Å²) in [5.74, 6) is 0.412. The molecular formula is C7H10N2O. The fourth-order valence-corrected chi connectivity index (χ4v) is 1.65. The molecule has 3 heteroatoms. The predicted molar refractivity (Wildman–Crippen MR) is 38.3 cm³/mol. The molecule has 3 nitrogen and oxygen atoms in total. The quantitative estimate of drug-likeness (QED) is 0.495. The molecule has 2 atom stereocenters. The molecular weight excluding hydrogens is 128 g/mol. The van der Waals surface area contributed by atoms with E-state index in [0.29, 0.717) is 0 Å². The van der Waals surface area contributed by atoms with Crippen LogP contribution in [0.15, 0.2) is 4.99 Å². The topological polar surface area (TPSA) is 41.5 Å². The molecule has 0 bridgehead atoms. The molecule has 10 heavy (non-hydrogen) atoms. The molecule has 0 radical (unpaired) electrons. The standard InChI is InChI=1S/C7H10N2O/c1-4-7(10)5-2-8-3-6(5)9-4/h5-6,8H,2-3H2,1H3. The number of Topliss-reactive ketones (excluding diaryl/α,β-unsaturated/α-hetero) is 1. The smallest absolute Gasteiger partial charge is 0.182 e. The van der Waals surface area contributed by atoms with Crippen LogP contribution in [0.25, 0.3) is 0 Å². The number of rotatable bonds is 0. The van der Waals surface area contributed by atoms with Gasteiger partial charge < -0.3 is 5.32 Å². The number of nitrogens with zero attached hydrogens (tertiary/aromatic N) is 1. The molecule has 0 saturated carbocycles. The molecule has 0 aromatic rings. The van der Waals surface area contributed by atoms with Gasteiger partial charge in [-0.2, -0.15) is 0 Å². The van der Waals surface area contributed by atoms with Crippen LogP contribution in [-0.2, 0) is 4.79 Å². The Bertz CT molecular complexity index is 210. The van der Waals surface area contributed by atoms with Gasteiger partial charge in [0.25, 0.3) is 0 Å². The monoisotopic (exact) mass is 138 g/mol. The molecule has 2 aliphatic rings. The van der Waals surface area contributed by atoms with Crippen molar-refractivity contribution in [1.29, 1.82) is 0 Å². The Hall–Kier alpha value is -0.700. The average Bonchev–Trinajstić information content (AvgIpc) is 2.41. The first-order chi connectivity index (χ1) is 4.79. The molecule has 1 N–H and O–H groups in total. The molecule has 0 aliphatic carbocycles. The van der Waals surface area contributed by atoms with Crippen molar-refractivity contribution in [1.82, 2.24) is 5.32 Å². The highest BCUT2D eigenvalue weighted by Crippen LogP contribution is 2.20. The van der Waals surface area contributed by atoms with Crippen LogP contribution in [0.5, 0.6) is 0 Å². The van der Waals surface area contributed by atoms with Gasteiger partial charge in [0.05, 0.1) is 17.7 Å². The fourth-order valence-electron chi connectivity index (χ4n) is 1.65. The van der Waals surface area contributed by atoms with Gasteiger partial charge in [-0.1, -0.05) is 0 Å². The van der Waals surface area contributed by atoms with E-state index in [0.717, 1.165) is 18.8 Å². The van der Waals surface area contributed by atoms with Crippen molar-refractivity contribution in [3.8, 4) is 0 Å². The van der Waals surface area contributed by atoms with Gasteiger partial charge in [-0.05, 0) is 6.92 Å². The third kappa shape index (κ3) is 0.639. The number of carbonyl (C=O) groups is 1. The third-order valence-corrected chi connectivity index (χ3v) is 2.24. The van der Waals surface area contributed by atoms with Crippen LogP contribution in [-0.4, -0.2) is 30.6 Å². The van der Waals surface area contributed by atoms with Crippen LogP contribution in [0.2, 0.25) is 0 Å². The fraction of sp³-hybridized carbons (Fsp3) is 0.714. The zero-order valence-corrected chi connectivity index (χ0v) is 5.92. The largest absolute Gasteiger partial charge is 0.314 e. The lowest BCUT2D eigenvalue weighted by Crippen LogP contribution is -2.21. The van der Waals surface area contributed by atoms with E-state index in [1.165, 1.54) is 0 Å². The number of aliphatic imine (C=N–C) groups is 1. The lowest BCUT2D eigenvalue weighted by atomic mass is 10.0. The first-order valence-corrected chi connectivity index (χ1v) is 3.58. The van der Waals surface area contributed by atoms with Crippen molar-refractivity contribution < 1.29 is 4.79 Å². The summed E-state index contributed by atoms with van der Waals surface area (Å²) in [7, 11) is 0. The van der Waals surface area contributed by atoms with Gasteiger partial charge in [-0.15, -0.1) is 0 Å². The summed E-state index contributed by atoms with van der Waals surface area (Å²) in [6, 6.07) is 0.257. The highest BCUT2D eigenvalue weighted by Gasteiger charge is 2.38. The molecule has 0 aromatic carbocycles. The first kappa shape index (κ1) is 6.04. The van der Waals surface area contributed by atoms with E-state index in [1.54, 1.807) is 6.92 Å². The van der Waals surface area contributed by atoms with E-state index < -0.39 is 0 Å². The highest BCUT2D eigenvalue weighted by atomic mass is 16.1. The van der Waals surface area contributed by atoms with E-state index in [4.69, 9.17) is 0 Å². The van der Waals surface area contributed by atoms with E-state index >= 15 is 0 Å². The molecule has 0 amide bonds. The minimum absolute atomic E-state index is 0.167. The number of ketones is 1. The molecule has 2 aliphatic heterocycles. The Balaban J connectivity index is 2.28. The SMILES string of the molecule is CC1=NC2CNCC2C1=O. The molecule has 54 valence electrons. The van der Waals surface area contributed by atoms with Crippen LogP contribution in [0.4, 0.5) is 0 Å². The summed E-state index contributed by atoms with van der Waals surface area (Å²) < 4.78 is 0. The van der Waals surface area contributed by atoms with Crippen molar-refractivity contribution >= 4 is 11.5 Å². The summed E-state index contributed by atoms with van der Waals surface area (Å²) >= 11 is 0. The second-order valence-corrected chi connectivity index (χ2v) is 2.91. The molecule has 2 unspecified atom stereocenters. The van der Waals surface area contributed by atoms with Crippen molar-refractivity contribution in [2.75, 3.05) is 13.1 Å². The zero-order valence-electron chi connectivity index (χ0n) is 5.92. The van der Waals surface area contributed by atoms with E-state index in [1.807, 2.05) is 0 Å². The maximum Gasteiger partial charge on any atom is 0.182 e. The summed E-state index contributed by atoms with van der Waals surface area (Å²) in [6.07, 6.45) is 0. The predicted octanol–water partition coefficient (Wildman–Crippen LogP) is -0.382. The van der Waals surface area contributed by atoms with Gasteiger partial charge in [0.15, 0.2) is 5.78 Å². The number of carbonyl (C=O) groups excluding carboxylic acids is 1. The van der Waals surface area contributed by atoms with Crippen LogP contribution in [0.3, 0.4) is 0 Å². The van der Waals surface area contributed by atoms with Gasteiger partial charge in [0, 0.05) is 13.1 Å². The molecule has 2 rings (SSSR count). The average molecular weight is 138 g/mol. The van der Waals surface area contributed by atoms with Crippen molar-refractivity contribution in [3.05, 3.63) is 0 Å². The van der Waals surface area contributed by atoms with Crippen LogP contribution >= 0.6 is 0 Å². The van der Waals surface area contributed by atoms with Gasteiger partial charge in [0.1, 0.15) is 0 Å². The summed E-state index contributed by atoms with van der Waals surface area (Å²) in [4.78, 5) is 15.5. The van der Waals surface area contributed by atoms with Gasteiger partial charge in [-0.25, -0.2) is 0 Å². The van der Waals surface area contributed by atoms with E-state index in [-0.39, 0.29) is 17.7 Å². The molecule has 2 heterocycles. The second kappa shape index (κ2) is 1.89. The summed E-state index contributed by atoms with van der Waals surface area (Å²) in [5.41, 5.74) is 0.719. The van der Waals surface area contributed by atoms with Gasteiger partial charge in [-0.3, -0.25) is 9.79 Å². The molecule has 1 saturated heterocycles. The lowest BCUT2D eigenvalue weighted by molar-refractivity contribution is -0.115. The Morgan fingerprint density at radius 3 is 3.10 bits per heavy atom. The lowest BCUT2D eigenvalue weighted by Gasteiger charge is -2.00. The van der Waals surface area contributed by atoms with Crippen LogP contribution in [0, 0.1) is 5.92 Å². The molecule has 0 spiro atoms. The zero-order chi connectivity index (χ0) is 7.14. The number of nitrogens with one attached hydrogen (secondary N) is 1. The van der Waals surface area contributed by atoms with Gasteiger partial charge >= 0.3 is 0 Å². The number of hydrogen-bond donors (Lipinski definition) is 1. The minimum Gasteiger partial charge on any atom is -0.314 e. The Morgan fingerprint density at radius 1 is 1.60 bits per heavy atom. The van der Waals surface area contributed by atoms with Crippen molar-refractivity contribution in [2.45, 2.75) is 13.0 Å². The van der Waals surface area contributed by atoms with Gasteiger partial charge in [0.2, 0.25) is 0 Å². The van der Waals surface area contributed by atoms with Crippen molar-refractivity contribution in [2.24, 2.45) is 10.9 Å². The van der Waals surface area contributed by atoms with Crippen molar-refractivity contribution in [3.63, 3.8) is 0 Å². The molecule has 0 aromatic heterocycles. The Morgan fingerprint density at radius 2 is 2.40 bits per heavy atom. The van der Waals surface area contributed by atoms with Crippen LogP contribution < -0.4 is 5.32 Å². The Labute approximate surface area is 59.5 Å². The highest BCUT2D eigenvalue weighted by molar-refractivity contribution is 6.41. The van der Waals surface area contributed by atoms with E-state index in [2.05, 4.69) is 10.3 Å². The normalized spacial score (nSPS) is 38.1. The van der Waals surface area contributed by atoms with Crippen LogP contribution in [0.1, 0.15) is 6.92 Å². The Kier molecular flexibility index (Phi) is 1.14. The molecule has 1 fully saturated rings. The first-order valence-electron chi connectivity index (χ1n) is 3.58. The second-order valence-electron chi connectivity index (χ2n) is 2.91. The third-order valence-electron chi connectivity index (χ3n) is 2.24.